The van der Waals surface area contributed by atoms with Gasteiger partial charge in [-0.05, 0) is 37.7 Å². The number of anilines is 1. The number of carbonyl (C=O) groups is 1. The van der Waals surface area contributed by atoms with E-state index in [0.717, 1.165) is 25.2 Å². The highest BCUT2D eigenvalue weighted by atomic mass is 16.5. The zero-order chi connectivity index (χ0) is 19.5. The number of piperazine rings is 1. The van der Waals surface area contributed by atoms with E-state index in [1.165, 1.54) is 0 Å². The lowest BCUT2D eigenvalue weighted by Crippen LogP contribution is -2.44. The minimum Gasteiger partial charge on any atom is -0.334 e. The van der Waals surface area contributed by atoms with Crippen molar-refractivity contribution in [2.45, 2.75) is 13.0 Å². The molecule has 0 bridgehead atoms. The van der Waals surface area contributed by atoms with E-state index in [1.54, 1.807) is 24.5 Å². The zero-order valence-electron chi connectivity index (χ0n) is 15.8. The van der Waals surface area contributed by atoms with Gasteiger partial charge in [0.25, 0.3) is 11.8 Å². The van der Waals surface area contributed by atoms with Crippen LogP contribution in [-0.4, -0.2) is 52.6 Å². The molecule has 8 nitrogen and oxygen atoms in total. The lowest BCUT2D eigenvalue weighted by Gasteiger charge is -2.30. The smallest absolute Gasteiger partial charge is 0.260 e. The van der Waals surface area contributed by atoms with Crippen LogP contribution in [0.1, 0.15) is 27.8 Å². The average Bonchev–Trinajstić information content (AvgIpc) is 3.20. The highest BCUT2D eigenvalue weighted by Gasteiger charge is 2.26. The van der Waals surface area contributed by atoms with Gasteiger partial charge in [0.1, 0.15) is 0 Å². The van der Waals surface area contributed by atoms with Crippen LogP contribution in [0.5, 0.6) is 0 Å². The van der Waals surface area contributed by atoms with Gasteiger partial charge in [0.15, 0.2) is 5.82 Å². The van der Waals surface area contributed by atoms with Gasteiger partial charge in [0, 0.05) is 37.6 Å². The van der Waals surface area contributed by atoms with Gasteiger partial charge in [-0.25, -0.2) is 0 Å². The van der Waals surface area contributed by atoms with Gasteiger partial charge < -0.3 is 15.2 Å². The van der Waals surface area contributed by atoms with E-state index in [9.17, 15) is 4.79 Å². The maximum Gasteiger partial charge on any atom is 0.260 e. The molecular weight excluding hydrogens is 356 g/mol. The molecule has 1 aliphatic rings. The molecule has 0 radical (unpaired) electrons. The van der Waals surface area contributed by atoms with Crippen LogP contribution in [0.4, 0.5) is 5.69 Å². The fourth-order valence-electron chi connectivity index (χ4n) is 3.27. The number of aromatic nitrogens is 3. The molecule has 1 unspecified atom stereocenters. The normalized spacial score (nSPS) is 17.4. The minimum atomic E-state index is -0.214. The number of rotatable bonds is 4. The molecule has 2 aromatic heterocycles. The quantitative estimate of drug-likeness (QED) is 0.719. The molecule has 8 heteroatoms. The molecule has 4 rings (SSSR count). The van der Waals surface area contributed by atoms with Crippen LogP contribution in [0.3, 0.4) is 0 Å². The van der Waals surface area contributed by atoms with Crippen LogP contribution in [0, 0.1) is 6.92 Å². The van der Waals surface area contributed by atoms with E-state index in [-0.39, 0.29) is 11.9 Å². The molecule has 144 valence electrons. The molecule has 3 aromatic rings. The number of amides is 1. The van der Waals surface area contributed by atoms with Crippen LogP contribution >= 0.6 is 0 Å². The molecule has 2 N–H and O–H groups in total. The summed E-state index contributed by atoms with van der Waals surface area (Å²) in [5.41, 5.74) is 2.81. The van der Waals surface area contributed by atoms with Crippen molar-refractivity contribution >= 4 is 11.6 Å². The van der Waals surface area contributed by atoms with Gasteiger partial charge in [-0.2, -0.15) is 4.98 Å². The number of aryl methyl sites for hydroxylation is 1. The molecule has 1 amide bonds. The van der Waals surface area contributed by atoms with Crippen molar-refractivity contribution in [3.8, 4) is 11.5 Å². The summed E-state index contributed by atoms with van der Waals surface area (Å²) in [6, 6.07) is 9.11. The van der Waals surface area contributed by atoms with E-state index in [1.807, 2.05) is 25.1 Å². The van der Waals surface area contributed by atoms with E-state index < -0.39 is 0 Å². The first-order chi connectivity index (χ1) is 13.6. The number of para-hydroxylation sites is 1. The first kappa shape index (κ1) is 18.3. The van der Waals surface area contributed by atoms with E-state index in [0.29, 0.717) is 28.5 Å². The summed E-state index contributed by atoms with van der Waals surface area (Å²) in [7, 11) is 2.05. The summed E-state index contributed by atoms with van der Waals surface area (Å²) < 4.78 is 5.56. The molecular formula is C20H22N6O2. The fraction of sp³-hybridized carbons (Fsp3) is 0.300. The second-order valence-electron chi connectivity index (χ2n) is 6.85. The number of hydrogen-bond donors (Lipinski definition) is 2. The van der Waals surface area contributed by atoms with Gasteiger partial charge in [0.05, 0.1) is 17.3 Å². The Morgan fingerprint density at radius 3 is 2.89 bits per heavy atom. The Morgan fingerprint density at radius 1 is 1.29 bits per heavy atom. The van der Waals surface area contributed by atoms with Crippen molar-refractivity contribution in [3.63, 3.8) is 0 Å². The predicted molar refractivity (Wildman–Crippen MR) is 105 cm³/mol. The number of nitrogens with zero attached hydrogens (tertiary/aromatic N) is 4. The summed E-state index contributed by atoms with van der Waals surface area (Å²) in [4.78, 5) is 23.4. The first-order valence-electron chi connectivity index (χ1n) is 9.19. The SMILES string of the molecule is Cc1cccc(-c2nc(C3CNCCN3C)no2)c1NC(=O)c1ccncc1. The van der Waals surface area contributed by atoms with E-state index in [2.05, 4.69) is 37.7 Å². The largest absolute Gasteiger partial charge is 0.334 e. The Hall–Kier alpha value is -3.10. The number of carbonyl (C=O) groups excluding carboxylic acids is 1. The number of pyridine rings is 1. The lowest BCUT2D eigenvalue weighted by molar-refractivity contribution is 0.102. The Labute approximate surface area is 163 Å². The summed E-state index contributed by atoms with van der Waals surface area (Å²) >= 11 is 0. The van der Waals surface area contributed by atoms with Crippen LogP contribution in [0.2, 0.25) is 0 Å². The maximum absolute atomic E-state index is 12.6. The third-order valence-electron chi connectivity index (χ3n) is 4.94. The van der Waals surface area contributed by atoms with Gasteiger partial charge in [-0.3, -0.25) is 14.7 Å². The van der Waals surface area contributed by atoms with Crippen LogP contribution in [0.15, 0.2) is 47.2 Å². The summed E-state index contributed by atoms with van der Waals surface area (Å²) in [6.07, 6.45) is 3.18. The van der Waals surface area contributed by atoms with Crippen LogP contribution < -0.4 is 10.6 Å². The van der Waals surface area contributed by atoms with Crippen molar-refractivity contribution in [2.24, 2.45) is 0 Å². The molecule has 28 heavy (non-hydrogen) atoms. The molecule has 3 heterocycles. The molecule has 0 aliphatic carbocycles. The minimum absolute atomic E-state index is 0.0610. The highest BCUT2D eigenvalue weighted by Crippen LogP contribution is 2.31. The molecule has 0 saturated carbocycles. The Kier molecular flexibility index (Phi) is 5.14. The number of benzene rings is 1. The average molecular weight is 378 g/mol. The lowest BCUT2D eigenvalue weighted by atomic mass is 10.1. The third kappa shape index (κ3) is 3.64. The zero-order valence-corrected chi connectivity index (χ0v) is 15.8. The van der Waals surface area contributed by atoms with Gasteiger partial charge in [-0.15, -0.1) is 0 Å². The van der Waals surface area contributed by atoms with E-state index >= 15 is 0 Å². The van der Waals surface area contributed by atoms with Gasteiger partial charge in [0.2, 0.25) is 0 Å². The van der Waals surface area contributed by atoms with Crippen LogP contribution in [-0.2, 0) is 0 Å². The van der Waals surface area contributed by atoms with Crippen molar-refractivity contribution in [2.75, 3.05) is 32.0 Å². The predicted octanol–water partition coefficient (Wildman–Crippen LogP) is 2.27. The van der Waals surface area contributed by atoms with Gasteiger partial charge in [-0.1, -0.05) is 17.3 Å². The first-order valence-corrected chi connectivity index (χ1v) is 9.19. The fourth-order valence-corrected chi connectivity index (χ4v) is 3.27. The second-order valence-corrected chi connectivity index (χ2v) is 6.85. The molecule has 0 spiro atoms. The molecule has 1 atom stereocenters. The molecule has 1 aromatic carbocycles. The van der Waals surface area contributed by atoms with Crippen LogP contribution in [0.25, 0.3) is 11.5 Å². The molecule has 1 aliphatic heterocycles. The van der Waals surface area contributed by atoms with Crippen molar-refractivity contribution in [3.05, 3.63) is 59.7 Å². The number of hydrogen-bond acceptors (Lipinski definition) is 7. The Balaban J connectivity index is 1.64. The Morgan fingerprint density at radius 2 is 2.11 bits per heavy atom. The summed E-state index contributed by atoms with van der Waals surface area (Å²) in [5.74, 6) is 0.814. The summed E-state index contributed by atoms with van der Waals surface area (Å²) in [6.45, 7) is 4.57. The van der Waals surface area contributed by atoms with Crippen molar-refractivity contribution in [1.82, 2.24) is 25.3 Å². The monoisotopic (exact) mass is 378 g/mol. The topological polar surface area (TPSA) is 96.2 Å². The van der Waals surface area contributed by atoms with Crippen molar-refractivity contribution < 1.29 is 9.32 Å². The van der Waals surface area contributed by atoms with Gasteiger partial charge >= 0.3 is 0 Å². The third-order valence-corrected chi connectivity index (χ3v) is 4.94. The van der Waals surface area contributed by atoms with Crippen molar-refractivity contribution in [1.29, 1.82) is 0 Å². The number of likely N-dealkylation sites (N-methyl/N-ethyl adjacent to an activating group) is 1. The Bertz CT molecular complexity index is 972. The number of nitrogens with one attached hydrogen (secondary N) is 2. The maximum atomic E-state index is 12.6. The standard InChI is InChI=1S/C20H22N6O2/c1-13-4-3-5-15(17(13)23-19(27)14-6-8-21-9-7-14)20-24-18(25-28-20)16-12-22-10-11-26(16)2/h3-9,16,22H,10-12H2,1-2H3,(H,23,27). The summed E-state index contributed by atoms with van der Waals surface area (Å²) in [5, 5.41) is 10.5. The van der Waals surface area contributed by atoms with E-state index in [4.69, 9.17) is 4.52 Å². The highest BCUT2D eigenvalue weighted by molar-refractivity contribution is 6.06. The molecule has 1 saturated heterocycles. The molecule has 1 fully saturated rings. The second kappa shape index (κ2) is 7.87.